The minimum Gasteiger partial charge on any atom is -0.397 e. The molecule has 0 spiro atoms. The third kappa shape index (κ3) is 5.11. The molecule has 0 saturated carbocycles. The van der Waals surface area contributed by atoms with E-state index < -0.39 is 0 Å². The molecule has 0 aliphatic carbocycles. The van der Waals surface area contributed by atoms with Crippen LogP contribution in [-0.4, -0.2) is 49.4 Å². The molecule has 4 rings (SSSR count). The topological polar surface area (TPSA) is 117 Å². The van der Waals surface area contributed by atoms with Crippen LogP contribution in [0.5, 0.6) is 0 Å². The lowest BCUT2D eigenvalue weighted by atomic mass is 10.1. The molecule has 9 heteroatoms. The van der Waals surface area contributed by atoms with Crippen LogP contribution in [0.1, 0.15) is 44.2 Å². The second-order valence-corrected chi connectivity index (χ2v) is 6.93. The summed E-state index contributed by atoms with van der Waals surface area (Å²) < 4.78 is 1.88. The Balaban J connectivity index is 0.000000755. The van der Waals surface area contributed by atoms with Crippen molar-refractivity contribution >= 4 is 23.2 Å². The Bertz CT molecular complexity index is 903. The van der Waals surface area contributed by atoms with E-state index >= 15 is 0 Å². The molecule has 0 atom stereocenters. The average molecular weight is 399 g/mol. The molecule has 0 bridgehead atoms. The summed E-state index contributed by atoms with van der Waals surface area (Å²) in [6.07, 6.45) is 10.0. The van der Waals surface area contributed by atoms with Gasteiger partial charge in [-0.05, 0) is 32.6 Å². The Labute approximate surface area is 171 Å². The molecule has 3 aromatic heterocycles. The SMILES string of the molecule is CCO.CCc1cnn2c(NCc3cnc(N)nc3)cc(N3CCCCC3)nc12. The number of fused-ring (bicyclic) bond motifs is 1. The van der Waals surface area contributed by atoms with Crippen molar-refractivity contribution in [2.24, 2.45) is 0 Å². The van der Waals surface area contributed by atoms with E-state index in [4.69, 9.17) is 15.8 Å². The van der Waals surface area contributed by atoms with E-state index in [9.17, 15) is 0 Å². The Morgan fingerprint density at radius 2 is 1.79 bits per heavy atom. The van der Waals surface area contributed by atoms with Gasteiger partial charge >= 0.3 is 0 Å². The normalized spacial score (nSPS) is 13.8. The number of anilines is 3. The smallest absolute Gasteiger partial charge is 0.219 e. The van der Waals surface area contributed by atoms with Crippen LogP contribution in [0, 0.1) is 0 Å². The molecule has 0 unspecified atom stereocenters. The van der Waals surface area contributed by atoms with Gasteiger partial charge in [0.05, 0.1) is 6.20 Å². The van der Waals surface area contributed by atoms with Gasteiger partial charge in [0.25, 0.3) is 0 Å². The fourth-order valence-electron chi connectivity index (χ4n) is 3.30. The number of nitrogens with two attached hydrogens (primary N) is 1. The Morgan fingerprint density at radius 1 is 1.10 bits per heavy atom. The average Bonchev–Trinajstić information content (AvgIpc) is 3.17. The zero-order valence-corrected chi connectivity index (χ0v) is 17.2. The second-order valence-electron chi connectivity index (χ2n) is 6.93. The van der Waals surface area contributed by atoms with Gasteiger partial charge in [0.15, 0.2) is 5.65 Å². The fraction of sp³-hybridized carbons (Fsp3) is 0.500. The number of aliphatic hydroxyl groups is 1. The monoisotopic (exact) mass is 398 g/mol. The van der Waals surface area contributed by atoms with Gasteiger partial charge in [0.1, 0.15) is 11.6 Å². The van der Waals surface area contributed by atoms with Crippen LogP contribution in [0.15, 0.2) is 24.7 Å². The van der Waals surface area contributed by atoms with Crippen LogP contribution in [0.2, 0.25) is 0 Å². The Hall–Kier alpha value is -2.94. The summed E-state index contributed by atoms with van der Waals surface area (Å²) in [6, 6.07) is 2.09. The number of aromatic nitrogens is 5. The lowest BCUT2D eigenvalue weighted by molar-refractivity contribution is 0.318. The van der Waals surface area contributed by atoms with Gasteiger partial charge < -0.3 is 21.1 Å². The molecule has 9 nitrogen and oxygen atoms in total. The predicted molar refractivity (Wildman–Crippen MR) is 115 cm³/mol. The Morgan fingerprint density at radius 3 is 2.45 bits per heavy atom. The van der Waals surface area contributed by atoms with Gasteiger partial charge in [-0.25, -0.2) is 15.0 Å². The number of rotatable bonds is 5. The minimum absolute atomic E-state index is 0.250. The van der Waals surface area contributed by atoms with Crippen LogP contribution < -0.4 is 16.0 Å². The molecule has 4 heterocycles. The first kappa shape index (κ1) is 20.8. The largest absolute Gasteiger partial charge is 0.397 e. The van der Waals surface area contributed by atoms with Gasteiger partial charge in [-0.2, -0.15) is 9.61 Å². The van der Waals surface area contributed by atoms with Crippen molar-refractivity contribution in [2.45, 2.75) is 46.1 Å². The maximum absolute atomic E-state index is 7.57. The molecule has 0 amide bonds. The van der Waals surface area contributed by atoms with E-state index in [0.717, 1.165) is 47.9 Å². The van der Waals surface area contributed by atoms with E-state index in [1.807, 2.05) is 10.7 Å². The standard InChI is InChI=1S/C18H24N8.C2H6O/c1-2-14-12-23-26-15(20-9-13-10-21-18(19)22-11-13)8-16(24-17(14)26)25-6-4-3-5-7-25;1-2-3/h8,10-12,20H,2-7,9H2,1H3,(H2,19,21,22);3H,2H2,1H3. The van der Waals surface area contributed by atoms with Crippen molar-refractivity contribution in [3.8, 4) is 0 Å². The number of aliphatic hydroxyl groups excluding tert-OH is 1. The van der Waals surface area contributed by atoms with Gasteiger partial charge in [-0.3, -0.25) is 0 Å². The van der Waals surface area contributed by atoms with Crippen LogP contribution in [0.3, 0.4) is 0 Å². The molecule has 3 aromatic rings. The van der Waals surface area contributed by atoms with Gasteiger partial charge in [0, 0.05) is 55.8 Å². The zero-order chi connectivity index (χ0) is 20.6. The van der Waals surface area contributed by atoms with E-state index in [-0.39, 0.29) is 12.6 Å². The summed E-state index contributed by atoms with van der Waals surface area (Å²) in [5, 5.41) is 15.5. The van der Waals surface area contributed by atoms with Crippen molar-refractivity contribution in [1.29, 1.82) is 0 Å². The van der Waals surface area contributed by atoms with E-state index in [1.165, 1.54) is 19.3 Å². The van der Waals surface area contributed by atoms with Crippen LogP contribution >= 0.6 is 0 Å². The number of piperidine rings is 1. The number of nitrogens with one attached hydrogen (secondary N) is 1. The third-order valence-corrected chi connectivity index (χ3v) is 4.79. The molecule has 29 heavy (non-hydrogen) atoms. The summed E-state index contributed by atoms with van der Waals surface area (Å²) in [4.78, 5) is 15.4. The first-order valence-electron chi connectivity index (χ1n) is 10.2. The molecule has 0 radical (unpaired) electrons. The van der Waals surface area contributed by atoms with Crippen molar-refractivity contribution < 1.29 is 5.11 Å². The first-order valence-corrected chi connectivity index (χ1v) is 10.2. The van der Waals surface area contributed by atoms with Crippen LogP contribution in [-0.2, 0) is 13.0 Å². The van der Waals surface area contributed by atoms with Gasteiger partial charge in [-0.1, -0.05) is 6.92 Å². The second kappa shape index (κ2) is 10.0. The first-order chi connectivity index (χ1) is 14.2. The molecule has 1 fully saturated rings. The van der Waals surface area contributed by atoms with Gasteiger partial charge in [-0.15, -0.1) is 0 Å². The molecule has 1 aliphatic heterocycles. The summed E-state index contributed by atoms with van der Waals surface area (Å²) >= 11 is 0. The molecular weight excluding hydrogens is 368 g/mol. The fourth-order valence-corrected chi connectivity index (χ4v) is 3.30. The maximum Gasteiger partial charge on any atom is 0.219 e. The number of nitrogen functional groups attached to an aromatic ring is 1. The summed E-state index contributed by atoms with van der Waals surface area (Å²) in [7, 11) is 0. The van der Waals surface area contributed by atoms with Crippen molar-refractivity contribution in [2.75, 3.05) is 35.6 Å². The van der Waals surface area contributed by atoms with Crippen molar-refractivity contribution in [3.63, 3.8) is 0 Å². The summed E-state index contributed by atoms with van der Waals surface area (Å²) in [5.41, 5.74) is 8.60. The highest BCUT2D eigenvalue weighted by Crippen LogP contribution is 2.24. The molecule has 1 saturated heterocycles. The van der Waals surface area contributed by atoms with E-state index in [2.05, 4.69) is 38.3 Å². The maximum atomic E-state index is 7.57. The molecular formula is C20H30N8O. The highest BCUT2D eigenvalue weighted by Gasteiger charge is 2.17. The number of hydrogen-bond donors (Lipinski definition) is 3. The van der Waals surface area contributed by atoms with Crippen LogP contribution in [0.4, 0.5) is 17.6 Å². The lowest BCUT2D eigenvalue weighted by Gasteiger charge is -2.28. The number of aryl methyl sites for hydroxylation is 1. The van der Waals surface area contributed by atoms with E-state index in [0.29, 0.717) is 6.54 Å². The van der Waals surface area contributed by atoms with E-state index in [1.54, 1.807) is 19.3 Å². The number of hydrogen-bond acceptors (Lipinski definition) is 8. The third-order valence-electron chi connectivity index (χ3n) is 4.79. The van der Waals surface area contributed by atoms with Gasteiger partial charge in [0.2, 0.25) is 5.95 Å². The van der Waals surface area contributed by atoms with Crippen molar-refractivity contribution in [1.82, 2.24) is 24.6 Å². The zero-order valence-electron chi connectivity index (χ0n) is 17.2. The van der Waals surface area contributed by atoms with Crippen LogP contribution in [0.25, 0.3) is 5.65 Å². The molecule has 4 N–H and O–H groups in total. The Kier molecular flexibility index (Phi) is 7.18. The predicted octanol–water partition coefficient (Wildman–Crippen LogP) is 2.26. The molecule has 156 valence electrons. The lowest BCUT2D eigenvalue weighted by Crippen LogP contribution is -2.30. The quantitative estimate of drug-likeness (QED) is 0.599. The highest BCUT2D eigenvalue weighted by molar-refractivity contribution is 5.61. The van der Waals surface area contributed by atoms with Crippen molar-refractivity contribution in [3.05, 3.63) is 35.8 Å². The summed E-state index contributed by atoms with van der Waals surface area (Å²) in [5.74, 6) is 2.22. The highest BCUT2D eigenvalue weighted by atomic mass is 16.2. The molecule has 0 aromatic carbocycles. The summed E-state index contributed by atoms with van der Waals surface area (Å²) in [6.45, 7) is 6.78. The number of nitrogens with zero attached hydrogens (tertiary/aromatic N) is 6. The molecule has 1 aliphatic rings. The minimum atomic E-state index is 0.250.